The minimum Gasteiger partial charge on any atom is -0.478 e. The lowest BCUT2D eigenvalue weighted by molar-refractivity contribution is 0.0692. The van der Waals surface area contributed by atoms with Gasteiger partial charge in [0.1, 0.15) is 5.82 Å². The Labute approximate surface area is 78.4 Å². The molecular weight excluding hydrogens is 187 g/mol. The average molecular weight is 194 g/mol. The lowest BCUT2D eigenvalue weighted by Crippen LogP contribution is -1.99. The van der Waals surface area contributed by atoms with Gasteiger partial charge in [0, 0.05) is 17.1 Å². The number of rotatable bonds is 1. The van der Waals surface area contributed by atoms with Gasteiger partial charge in [-0.25, -0.2) is 9.18 Å². The second kappa shape index (κ2) is 2.80. The number of H-pyrrole nitrogens is 1. The Balaban J connectivity index is 2.80. The molecule has 1 aromatic heterocycles. The summed E-state index contributed by atoms with van der Waals surface area (Å²) in [6.45, 7) is 1.75. The second-order valence-electron chi connectivity index (χ2n) is 3.00. The van der Waals surface area contributed by atoms with Gasteiger partial charge in [-0.15, -0.1) is 0 Å². The van der Waals surface area contributed by atoms with Crippen molar-refractivity contribution in [2.75, 3.05) is 0 Å². The van der Waals surface area contributed by atoms with Crippen molar-refractivity contribution in [2.24, 2.45) is 0 Å². The largest absolute Gasteiger partial charge is 0.478 e. The number of hydrogen-bond donors (Lipinski definition) is 2. The van der Waals surface area contributed by atoms with Crippen LogP contribution < -0.4 is 0 Å². The highest BCUT2D eigenvalue weighted by atomic mass is 19.1. The standard InChI is InChI=1S/C9H7FN2O2/c1-4-5-2-6(9(13)14)7(10)3-8(5)12-11-4/h2-3H,1H3,(H,11,12)(H,13,14). The van der Waals surface area contributed by atoms with Crippen LogP contribution in [0.25, 0.3) is 10.9 Å². The number of aromatic nitrogens is 2. The van der Waals surface area contributed by atoms with Crippen LogP contribution in [0.2, 0.25) is 0 Å². The second-order valence-corrected chi connectivity index (χ2v) is 3.00. The number of hydrogen-bond acceptors (Lipinski definition) is 2. The topological polar surface area (TPSA) is 66.0 Å². The zero-order valence-corrected chi connectivity index (χ0v) is 7.34. The van der Waals surface area contributed by atoms with Gasteiger partial charge in [0.2, 0.25) is 0 Å². The van der Waals surface area contributed by atoms with Crippen molar-refractivity contribution in [2.45, 2.75) is 6.92 Å². The van der Waals surface area contributed by atoms with Crippen LogP contribution in [-0.2, 0) is 0 Å². The molecule has 14 heavy (non-hydrogen) atoms. The van der Waals surface area contributed by atoms with Gasteiger partial charge in [-0.05, 0) is 13.0 Å². The van der Waals surface area contributed by atoms with E-state index in [2.05, 4.69) is 10.2 Å². The number of aromatic carboxylic acids is 1. The van der Waals surface area contributed by atoms with Gasteiger partial charge in [-0.3, -0.25) is 5.10 Å². The fourth-order valence-corrected chi connectivity index (χ4v) is 1.32. The van der Waals surface area contributed by atoms with E-state index in [1.54, 1.807) is 6.92 Å². The van der Waals surface area contributed by atoms with Crippen LogP contribution in [0.5, 0.6) is 0 Å². The molecule has 0 aliphatic heterocycles. The number of nitrogens with zero attached hydrogens (tertiary/aromatic N) is 1. The minimum atomic E-state index is -1.27. The maximum Gasteiger partial charge on any atom is 0.338 e. The molecule has 0 fully saturated rings. The third kappa shape index (κ3) is 1.14. The van der Waals surface area contributed by atoms with E-state index in [1.807, 2.05) is 0 Å². The van der Waals surface area contributed by atoms with Crippen molar-refractivity contribution < 1.29 is 14.3 Å². The van der Waals surface area contributed by atoms with Gasteiger partial charge in [0.25, 0.3) is 0 Å². The van der Waals surface area contributed by atoms with E-state index in [1.165, 1.54) is 6.07 Å². The Kier molecular flexibility index (Phi) is 1.73. The number of aromatic amines is 1. The molecule has 0 spiro atoms. The van der Waals surface area contributed by atoms with Gasteiger partial charge in [0.05, 0.1) is 11.1 Å². The number of halogens is 1. The molecule has 0 bridgehead atoms. The highest BCUT2D eigenvalue weighted by molar-refractivity contribution is 5.94. The maximum absolute atomic E-state index is 13.1. The van der Waals surface area contributed by atoms with Crippen molar-refractivity contribution in [3.8, 4) is 0 Å². The molecule has 0 amide bonds. The Hall–Kier alpha value is -1.91. The molecule has 1 aromatic carbocycles. The summed E-state index contributed by atoms with van der Waals surface area (Å²) in [5, 5.41) is 15.8. The van der Waals surface area contributed by atoms with Crippen molar-refractivity contribution in [3.63, 3.8) is 0 Å². The predicted octanol–water partition coefficient (Wildman–Crippen LogP) is 1.71. The molecule has 2 rings (SSSR count). The van der Waals surface area contributed by atoms with Gasteiger partial charge in [0.15, 0.2) is 0 Å². The summed E-state index contributed by atoms with van der Waals surface area (Å²) in [5.74, 6) is -2.04. The van der Waals surface area contributed by atoms with Crippen LogP contribution in [0.1, 0.15) is 16.1 Å². The molecule has 2 aromatic rings. The third-order valence-electron chi connectivity index (χ3n) is 2.06. The normalized spacial score (nSPS) is 10.7. The molecule has 0 aliphatic carbocycles. The van der Waals surface area contributed by atoms with Crippen LogP contribution >= 0.6 is 0 Å². The molecule has 4 nitrogen and oxygen atoms in total. The van der Waals surface area contributed by atoms with E-state index in [0.717, 1.165) is 11.8 Å². The minimum absolute atomic E-state index is 0.331. The lowest BCUT2D eigenvalue weighted by Gasteiger charge is -1.97. The maximum atomic E-state index is 13.1. The zero-order chi connectivity index (χ0) is 10.3. The van der Waals surface area contributed by atoms with Gasteiger partial charge < -0.3 is 5.11 Å². The van der Waals surface area contributed by atoms with E-state index in [-0.39, 0.29) is 5.56 Å². The molecule has 0 unspecified atom stereocenters. The van der Waals surface area contributed by atoms with E-state index >= 15 is 0 Å². The Bertz CT molecular complexity index is 519. The van der Waals surface area contributed by atoms with Crippen molar-refractivity contribution >= 4 is 16.9 Å². The molecular formula is C9H7FN2O2. The molecule has 0 aliphatic rings. The highest BCUT2D eigenvalue weighted by Gasteiger charge is 2.13. The van der Waals surface area contributed by atoms with E-state index in [4.69, 9.17) is 5.11 Å². The fourth-order valence-electron chi connectivity index (χ4n) is 1.32. The molecule has 0 atom stereocenters. The van der Waals surface area contributed by atoms with Crippen LogP contribution in [0.3, 0.4) is 0 Å². The Morgan fingerprint density at radius 1 is 1.57 bits per heavy atom. The number of nitrogens with one attached hydrogen (secondary N) is 1. The van der Waals surface area contributed by atoms with Gasteiger partial charge in [-0.1, -0.05) is 0 Å². The summed E-state index contributed by atoms with van der Waals surface area (Å²) in [5.41, 5.74) is 0.828. The molecule has 72 valence electrons. The quantitative estimate of drug-likeness (QED) is 0.726. The zero-order valence-electron chi connectivity index (χ0n) is 7.34. The van der Waals surface area contributed by atoms with E-state index < -0.39 is 11.8 Å². The molecule has 5 heteroatoms. The smallest absolute Gasteiger partial charge is 0.338 e. The van der Waals surface area contributed by atoms with Crippen molar-refractivity contribution in [1.29, 1.82) is 0 Å². The van der Waals surface area contributed by atoms with Crippen LogP contribution in [-0.4, -0.2) is 21.3 Å². The van der Waals surface area contributed by atoms with Gasteiger partial charge in [-0.2, -0.15) is 5.10 Å². The molecule has 0 radical (unpaired) electrons. The number of benzene rings is 1. The fraction of sp³-hybridized carbons (Fsp3) is 0.111. The third-order valence-corrected chi connectivity index (χ3v) is 2.06. The van der Waals surface area contributed by atoms with Crippen LogP contribution in [0.15, 0.2) is 12.1 Å². The average Bonchev–Trinajstić information content (AvgIpc) is 2.46. The molecule has 0 saturated heterocycles. The van der Waals surface area contributed by atoms with Crippen LogP contribution in [0, 0.1) is 12.7 Å². The number of aryl methyl sites for hydroxylation is 1. The first-order valence-corrected chi connectivity index (χ1v) is 3.97. The monoisotopic (exact) mass is 194 g/mol. The molecule has 1 heterocycles. The first kappa shape index (κ1) is 8.68. The van der Waals surface area contributed by atoms with Crippen molar-refractivity contribution in [1.82, 2.24) is 10.2 Å². The number of carbonyl (C=O) groups is 1. The lowest BCUT2D eigenvalue weighted by atomic mass is 10.1. The summed E-state index contributed by atoms with van der Waals surface area (Å²) in [7, 11) is 0. The first-order chi connectivity index (χ1) is 6.59. The summed E-state index contributed by atoms with van der Waals surface area (Å²) in [6.07, 6.45) is 0. The Morgan fingerprint density at radius 2 is 2.29 bits per heavy atom. The van der Waals surface area contributed by atoms with E-state index in [9.17, 15) is 9.18 Å². The first-order valence-electron chi connectivity index (χ1n) is 3.97. The number of fused-ring (bicyclic) bond motifs is 1. The summed E-state index contributed by atoms with van der Waals surface area (Å²) in [6, 6.07) is 2.40. The predicted molar refractivity (Wildman–Crippen MR) is 47.7 cm³/mol. The molecule has 2 N–H and O–H groups in total. The van der Waals surface area contributed by atoms with Gasteiger partial charge >= 0.3 is 5.97 Å². The van der Waals surface area contributed by atoms with Crippen LogP contribution in [0.4, 0.5) is 4.39 Å². The summed E-state index contributed by atoms with van der Waals surface area (Å²) < 4.78 is 13.1. The summed E-state index contributed by atoms with van der Waals surface area (Å²) in [4.78, 5) is 10.6. The summed E-state index contributed by atoms with van der Waals surface area (Å²) >= 11 is 0. The number of carboxylic acid groups (broad SMARTS) is 1. The SMILES string of the molecule is Cc1[nH]nc2cc(F)c(C(=O)O)cc12. The molecule has 0 saturated carbocycles. The van der Waals surface area contributed by atoms with E-state index in [0.29, 0.717) is 10.9 Å². The number of carboxylic acids is 1. The highest BCUT2D eigenvalue weighted by Crippen LogP contribution is 2.19. The Morgan fingerprint density at radius 3 is 2.93 bits per heavy atom. The van der Waals surface area contributed by atoms with Crippen molar-refractivity contribution in [3.05, 3.63) is 29.2 Å².